The molecule has 0 aromatic carbocycles. The second-order valence-electron chi connectivity index (χ2n) is 1.86. The van der Waals surface area contributed by atoms with Gasteiger partial charge in [0.1, 0.15) is 0 Å². The zero-order chi connectivity index (χ0) is 9.07. The third kappa shape index (κ3) is 4.24. The van der Waals surface area contributed by atoms with Gasteiger partial charge in [0, 0.05) is 6.92 Å². The van der Waals surface area contributed by atoms with Crippen molar-refractivity contribution in [2.75, 3.05) is 6.61 Å². The third-order valence-electron chi connectivity index (χ3n) is 0.685. The molecular weight excluding hydrogens is 162 g/mol. The molecule has 0 rings (SSSR count). The number of carboxylic acid groups (broad SMARTS) is 1. The Kier molecular flexibility index (Phi) is 2.91. The zero-order valence-electron chi connectivity index (χ0n) is 5.63. The summed E-state index contributed by atoms with van der Waals surface area (Å²) in [6, 6.07) is 0. The number of ether oxygens (including phenoxy) is 1. The minimum Gasteiger partial charge on any atom is -0.479 e. The minimum atomic E-state index is -3.63. The highest BCUT2D eigenvalue weighted by Gasteiger charge is 2.34. The highest BCUT2D eigenvalue weighted by Crippen LogP contribution is 2.12. The summed E-state index contributed by atoms with van der Waals surface area (Å²) in [6.07, 6.45) is 0. The number of hydrogen-bond donors (Lipinski definition) is 1. The van der Waals surface area contributed by atoms with E-state index in [0.29, 0.717) is 6.92 Å². The molecule has 0 radical (unpaired) electrons. The number of esters is 1. The van der Waals surface area contributed by atoms with E-state index in [4.69, 9.17) is 5.11 Å². The molecule has 0 unspecified atom stereocenters. The number of aliphatic carboxylic acids is 1. The Morgan fingerprint density at radius 2 is 2.00 bits per heavy atom. The lowest BCUT2D eigenvalue weighted by molar-refractivity contribution is -0.173. The van der Waals surface area contributed by atoms with Crippen LogP contribution in [-0.4, -0.2) is 29.6 Å². The summed E-state index contributed by atoms with van der Waals surface area (Å²) in [4.78, 5) is 19.8. The number of carboxylic acids is 1. The number of halogens is 2. The molecule has 6 heteroatoms. The van der Waals surface area contributed by atoms with Crippen molar-refractivity contribution in [2.24, 2.45) is 0 Å². The van der Waals surface area contributed by atoms with Crippen molar-refractivity contribution in [1.82, 2.24) is 0 Å². The van der Waals surface area contributed by atoms with Gasteiger partial charge in [0.15, 0.2) is 6.61 Å². The lowest BCUT2D eigenvalue weighted by Crippen LogP contribution is -2.28. The second-order valence-corrected chi connectivity index (χ2v) is 1.86. The van der Waals surface area contributed by atoms with Crippen molar-refractivity contribution >= 4 is 11.9 Å². The Balaban J connectivity index is 3.80. The highest BCUT2D eigenvalue weighted by atomic mass is 19.3. The molecule has 0 atom stereocenters. The summed E-state index contributed by atoms with van der Waals surface area (Å²) >= 11 is 0. The Hall–Kier alpha value is -1.20. The Bertz CT molecular complexity index is 172. The van der Waals surface area contributed by atoms with Crippen molar-refractivity contribution in [3.63, 3.8) is 0 Å². The quantitative estimate of drug-likeness (QED) is 0.614. The maximum atomic E-state index is 11.9. The van der Waals surface area contributed by atoms with Crippen LogP contribution in [0.5, 0.6) is 0 Å². The molecule has 0 aliphatic heterocycles. The fourth-order valence-electron chi connectivity index (χ4n) is 0.254. The topological polar surface area (TPSA) is 63.6 Å². The average molecular weight is 168 g/mol. The molecule has 64 valence electrons. The van der Waals surface area contributed by atoms with Gasteiger partial charge in [-0.15, -0.1) is 0 Å². The molecule has 0 amide bonds. The van der Waals surface area contributed by atoms with Crippen LogP contribution in [0.4, 0.5) is 8.78 Å². The number of carbonyl (C=O) groups excluding carboxylic acids is 1. The maximum Gasteiger partial charge on any atom is 0.377 e. The first kappa shape index (κ1) is 9.80. The Labute approximate surface area is 60.8 Å². The van der Waals surface area contributed by atoms with Gasteiger partial charge in [-0.05, 0) is 0 Å². The van der Waals surface area contributed by atoms with Crippen LogP contribution in [0.1, 0.15) is 6.92 Å². The molecule has 0 aromatic rings. The monoisotopic (exact) mass is 168 g/mol. The normalized spacial score (nSPS) is 10.8. The van der Waals surface area contributed by atoms with E-state index in [2.05, 4.69) is 4.74 Å². The van der Waals surface area contributed by atoms with Crippen LogP contribution in [0.2, 0.25) is 0 Å². The lowest BCUT2D eigenvalue weighted by Gasteiger charge is -2.07. The standard InChI is InChI=1S/C5H6F2O4/c1-5(6,7)4(10)11-2-3(8)9/h2H2,1H3,(H,8,9). The van der Waals surface area contributed by atoms with E-state index < -0.39 is 24.5 Å². The zero-order valence-corrected chi connectivity index (χ0v) is 5.63. The second kappa shape index (κ2) is 3.27. The number of alkyl halides is 2. The van der Waals surface area contributed by atoms with Crippen molar-refractivity contribution in [3.05, 3.63) is 0 Å². The smallest absolute Gasteiger partial charge is 0.377 e. The Morgan fingerprint density at radius 3 is 2.27 bits per heavy atom. The van der Waals surface area contributed by atoms with Crippen LogP contribution < -0.4 is 0 Å². The summed E-state index contributed by atoms with van der Waals surface area (Å²) < 4.78 is 27.5. The molecule has 0 heterocycles. The van der Waals surface area contributed by atoms with Crippen molar-refractivity contribution in [3.8, 4) is 0 Å². The fraction of sp³-hybridized carbons (Fsp3) is 0.600. The van der Waals surface area contributed by atoms with Crippen LogP contribution in [0.25, 0.3) is 0 Å². The largest absolute Gasteiger partial charge is 0.479 e. The molecule has 0 saturated carbocycles. The lowest BCUT2D eigenvalue weighted by atomic mass is 10.4. The molecular formula is C5H6F2O4. The first-order valence-corrected chi connectivity index (χ1v) is 2.61. The van der Waals surface area contributed by atoms with Crippen molar-refractivity contribution < 1.29 is 28.2 Å². The van der Waals surface area contributed by atoms with Crippen molar-refractivity contribution in [2.45, 2.75) is 12.8 Å². The first-order chi connectivity index (χ1) is 4.84. The summed E-state index contributed by atoms with van der Waals surface area (Å²) in [5, 5.41) is 7.91. The van der Waals surface area contributed by atoms with Gasteiger partial charge in [0.2, 0.25) is 0 Å². The summed E-state index contributed by atoms with van der Waals surface area (Å²) in [7, 11) is 0. The van der Waals surface area contributed by atoms with E-state index in [0.717, 1.165) is 0 Å². The number of carbonyl (C=O) groups is 2. The van der Waals surface area contributed by atoms with Gasteiger partial charge >= 0.3 is 17.9 Å². The van der Waals surface area contributed by atoms with Crippen LogP contribution in [0.15, 0.2) is 0 Å². The predicted octanol–water partition coefficient (Wildman–Crippen LogP) is 0.269. The van der Waals surface area contributed by atoms with Gasteiger partial charge in [-0.1, -0.05) is 0 Å². The molecule has 0 aromatic heterocycles. The fourth-order valence-corrected chi connectivity index (χ4v) is 0.254. The van der Waals surface area contributed by atoms with Gasteiger partial charge in [0.25, 0.3) is 0 Å². The van der Waals surface area contributed by atoms with Crippen LogP contribution in [-0.2, 0) is 14.3 Å². The molecule has 0 aliphatic rings. The first-order valence-electron chi connectivity index (χ1n) is 2.61. The maximum absolute atomic E-state index is 11.9. The summed E-state index contributed by atoms with van der Waals surface area (Å²) in [5.74, 6) is -6.93. The van der Waals surface area contributed by atoms with Crippen molar-refractivity contribution in [1.29, 1.82) is 0 Å². The van der Waals surface area contributed by atoms with Gasteiger partial charge in [-0.3, -0.25) is 0 Å². The molecule has 11 heavy (non-hydrogen) atoms. The molecule has 0 fully saturated rings. The highest BCUT2D eigenvalue weighted by molar-refractivity contribution is 5.79. The minimum absolute atomic E-state index is 0.331. The Morgan fingerprint density at radius 1 is 1.55 bits per heavy atom. The van der Waals surface area contributed by atoms with Gasteiger partial charge in [-0.2, -0.15) is 8.78 Å². The predicted molar refractivity (Wildman–Crippen MR) is 29.2 cm³/mol. The molecule has 0 aliphatic carbocycles. The van der Waals surface area contributed by atoms with Gasteiger partial charge in [0.05, 0.1) is 0 Å². The van der Waals surface area contributed by atoms with Crippen LogP contribution >= 0.6 is 0 Å². The molecule has 0 bridgehead atoms. The summed E-state index contributed by atoms with van der Waals surface area (Å²) in [5.41, 5.74) is 0. The van der Waals surface area contributed by atoms with E-state index in [9.17, 15) is 18.4 Å². The molecule has 0 saturated heterocycles. The van der Waals surface area contributed by atoms with E-state index in [1.807, 2.05) is 0 Å². The van der Waals surface area contributed by atoms with E-state index >= 15 is 0 Å². The van der Waals surface area contributed by atoms with E-state index in [-0.39, 0.29) is 0 Å². The number of hydrogen-bond acceptors (Lipinski definition) is 3. The molecule has 1 N–H and O–H groups in total. The SMILES string of the molecule is CC(F)(F)C(=O)OCC(=O)O. The van der Waals surface area contributed by atoms with Crippen LogP contribution in [0.3, 0.4) is 0 Å². The van der Waals surface area contributed by atoms with Crippen LogP contribution in [0, 0.1) is 0 Å². The van der Waals surface area contributed by atoms with E-state index in [1.54, 1.807) is 0 Å². The summed E-state index contributed by atoms with van der Waals surface area (Å²) in [6.45, 7) is -0.709. The van der Waals surface area contributed by atoms with Gasteiger partial charge < -0.3 is 9.84 Å². The molecule has 0 spiro atoms. The van der Waals surface area contributed by atoms with E-state index in [1.165, 1.54) is 0 Å². The van der Waals surface area contributed by atoms with Gasteiger partial charge in [-0.25, -0.2) is 9.59 Å². The molecule has 4 nitrogen and oxygen atoms in total. The average Bonchev–Trinajstić information content (AvgIpc) is 1.80. The third-order valence-corrected chi connectivity index (χ3v) is 0.685. The number of rotatable bonds is 3.